The summed E-state index contributed by atoms with van der Waals surface area (Å²) in [5.41, 5.74) is 9.39. The molecular formula is C17H23FN4. The van der Waals surface area contributed by atoms with Gasteiger partial charge in [-0.2, -0.15) is 5.10 Å². The van der Waals surface area contributed by atoms with Crippen LogP contribution < -0.4 is 5.73 Å². The summed E-state index contributed by atoms with van der Waals surface area (Å²) in [6.07, 6.45) is 2.87. The summed E-state index contributed by atoms with van der Waals surface area (Å²) in [4.78, 5) is 2.42. The fraction of sp³-hybridized carbons (Fsp3) is 0.471. The van der Waals surface area contributed by atoms with Crippen LogP contribution >= 0.6 is 0 Å². The Bertz CT molecular complexity index is 632. The van der Waals surface area contributed by atoms with E-state index >= 15 is 0 Å². The zero-order valence-corrected chi connectivity index (χ0v) is 13.1. The van der Waals surface area contributed by atoms with Crippen molar-refractivity contribution in [2.75, 3.05) is 13.1 Å². The maximum Gasteiger partial charge on any atom is 0.123 e. The van der Waals surface area contributed by atoms with Gasteiger partial charge in [-0.25, -0.2) is 4.39 Å². The maximum atomic E-state index is 13.1. The zero-order chi connectivity index (χ0) is 15.7. The molecule has 0 saturated carbocycles. The third kappa shape index (κ3) is 3.05. The predicted molar refractivity (Wildman–Crippen MR) is 85.6 cm³/mol. The first-order valence-corrected chi connectivity index (χ1v) is 7.72. The van der Waals surface area contributed by atoms with Gasteiger partial charge in [-0.1, -0.05) is 13.8 Å². The molecule has 2 aromatic rings. The summed E-state index contributed by atoms with van der Waals surface area (Å²) in [7, 11) is 0. The van der Waals surface area contributed by atoms with Gasteiger partial charge in [0.25, 0.3) is 0 Å². The molecule has 1 aromatic carbocycles. The summed E-state index contributed by atoms with van der Waals surface area (Å²) in [5.74, 6) is -0.225. The lowest BCUT2D eigenvalue weighted by atomic mass is 9.79. The minimum absolute atomic E-state index is 0.123. The molecule has 5 heteroatoms. The number of nitrogens with one attached hydrogen (secondary N) is 1. The fourth-order valence-electron chi connectivity index (χ4n) is 3.16. The minimum Gasteiger partial charge on any atom is -0.327 e. The molecule has 1 fully saturated rings. The average Bonchev–Trinajstić information content (AvgIpc) is 2.92. The van der Waals surface area contributed by atoms with Crippen molar-refractivity contribution in [1.82, 2.24) is 15.1 Å². The maximum absolute atomic E-state index is 13.1. The summed E-state index contributed by atoms with van der Waals surface area (Å²) in [5, 5.41) is 7.20. The van der Waals surface area contributed by atoms with E-state index in [2.05, 4.69) is 28.9 Å². The molecule has 0 radical (unpaired) electrons. The Balaban J connectivity index is 1.77. The third-order valence-electron chi connectivity index (χ3n) is 4.64. The molecule has 0 bridgehead atoms. The number of halogens is 1. The largest absolute Gasteiger partial charge is 0.327 e. The molecule has 1 aliphatic rings. The van der Waals surface area contributed by atoms with Crippen LogP contribution in [0, 0.1) is 11.2 Å². The number of nitrogens with zero attached hydrogens (tertiary/aromatic N) is 2. The summed E-state index contributed by atoms with van der Waals surface area (Å²) in [6.45, 7) is 7.25. The molecule has 0 amide bonds. The van der Waals surface area contributed by atoms with Gasteiger partial charge in [-0.15, -0.1) is 0 Å². The van der Waals surface area contributed by atoms with E-state index < -0.39 is 0 Å². The van der Waals surface area contributed by atoms with Crippen molar-refractivity contribution < 1.29 is 4.39 Å². The third-order valence-corrected chi connectivity index (χ3v) is 4.64. The summed E-state index contributed by atoms with van der Waals surface area (Å²) in [6, 6.07) is 6.76. The second-order valence-corrected chi connectivity index (χ2v) is 6.87. The Morgan fingerprint density at radius 1 is 1.36 bits per heavy atom. The number of aromatic amines is 1. The van der Waals surface area contributed by atoms with Gasteiger partial charge in [0.2, 0.25) is 0 Å². The van der Waals surface area contributed by atoms with Crippen LogP contribution in [0.5, 0.6) is 0 Å². The number of nitrogens with two attached hydrogens (primary N) is 1. The minimum atomic E-state index is -0.225. The van der Waals surface area contributed by atoms with Crippen molar-refractivity contribution in [2.24, 2.45) is 11.1 Å². The molecular weight excluding hydrogens is 279 g/mol. The van der Waals surface area contributed by atoms with E-state index in [1.165, 1.54) is 12.1 Å². The van der Waals surface area contributed by atoms with Crippen molar-refractivity contribution in [3.05, 3.63) is 41.8 Å². The topological polar surface area (TPSA) is 57.9 Å². The molecule has 1 saturated heterocycles. The van der Waals surface area contributed by atoms with Gasteiger partial charge in [-0.05, 0) is 36.1 Å². The van der Waals surface area contributed by atoms with Crippen LogP contribution in [0.2, 0.25) is 0 Å². The van der Waals surface area contributed by atoms with E-state index in [1.807, 2.05) is 6.20 Å². The predicted octanol–water partition coefficient (Wildman–Crippen LogP) is 2.78. The second-order valence-electron chi connectivity index (χ2n) is 6.87. The highest BCUT2D eigenvalue weighted by atomic mass is 19.1. The number of aromatic nitrogens is 2. The van der Waals surface area contributed by atoms with Crippen molar-refractivity contribution in [3.63, 3.8) is 0 Å². The van der Waals surface area contributed by atoms with Crippen LogP contribution in [-0.4, -0.2) is 34.2 Å². The number of H-pyrrole nitrogens is 1. The van der Waals surface area contributed by atoms with Crippen LogP contribution in [0.15, 0.2) is 30.5 Å². The SMILES string of the molecule is CC1(C)CN(Cc2cn[nH]c2-c2ccc(F)cc2)CCC1N. The standard InChI is InChI=1S/C17H23FN4/c1-17(2)11-22(8-7-15(17)19)10-13-9-20-21-16(13)12-3-5-14(18)6-4-12/h3-6,9,15H,7-8,10-11,19H2,1-2H3,(H,20,21). The average molecular weight is 302 g/mol. The number of piperidine rings is 1. The molecule has 118 valence electrons. The Hall–Kier alpha value is -1.72. The Morgan fingerprint density at radius 3 is 2.77 bits per heavy atom. The molecule has 2 heterocycles. The van der Waals surface area contributed by atoms with E-state index in [1.54, 1.807) is 12.1 Å². The molecule has 1 atom stereocenters. The van der Waals surface area contributed by atoms with Crippen LogP contribution in [0.1, 0.15) is 25.8 Å². The lowest BCUT2D eigenvalue weighted by molar-refractivity contribution is 0.0900. The van der Waals surface area contributed by atoms with Crippen molar-refractivity contribution in [3.8, 4) is 11.3 Å². The van der Waals surface area contributed by atoms with Gasteiger partial charge >= 0.3 is 0 Å². The molecule has 1 aliphatic heterocycles. The lowest BCUT2D eigenvalue weighted by Gasteiger charge is -2.42. The molecule has 1 aromatic heterocycles. The number of likely N-dealkylation sites (tertiary alicyclic amines) is 1. The highest BCUT2D eigenvalue weighted by molar-refractivity contribution is 5.62. The number of benzene rings is 1. The number of hydrogen-bond acceptors (Lipinski definition) is 3. The Kier molecular flexibility index (Phi) is 4.02. The van der Waals surface area contributed by atoms with E-state index in [0.29, 0.717) is 0 Å². The first-order chi connectivity index (χ1) is 10.5. The van der Waals surface area contributed by atoms with Gasteiger partial charge in [0.1, 0.15) is 5.82 Å². The monoisotopic (exact) mass is 302 g/mol. The molecule has 0 spiro atoms. The Morgan fingerprint density at radius 2 is 2.09 bits per heavy atom. The van der Waals surface area contributed by atoms with Crippen molar-refractivity contribution in [1.29, 1.82) is 0 Å². The molecule has 3 rings (SSSR count). The molecule has 4 nitrogen and oxygen atoms in total. The first-order valence-electron chi connectivity index (χ1n) is 7.72. The fourth-order valence-corrected chi connectivity index (χ4v) is 3.16. The molecule has 0 aliphatic carbocycles. The smallest absolute Gasteiger partial charge is 0.123 e. The second kappa shape index (κ2) is 5.82. The van der Waals surface area contributed by atoms with Gasteiger partial charge in [0, 0.05) is 36.8 Å². The quantitative estimate of drug-likeness (QED) is 0.916. The summed E-state index contributed by atoms with van der Waals surface area (Å²) < 4.78 is 13.1. The van der Waals surface area contributed by atoms with E-state index in [0.717, 1.165) is 42.9 Å². The highest BCUT2D eigenvalue weighted by Gasteiger charge is 2.33. The van der Waals surface area contributed by atoms with Gasteiger partial charge in [0.15, 0.2) is 0 Å². The molecule has 22 heavy (non-hydrogen) atoms. The van der Waals surface area contributed by atoms with Crippen LogP contribution in [0.3, 0.4) is 0 Å². The van der Waals surface area contributed by atoms with Gasteiger partial charge < -0.3 is 5.73 Å². The van der Waals surface area contributed by atoms with Gasteiger partial charge in [0.05, 0.1) is 11.9 Å². The summed E-state index contributed by atoms with van der Waals surface area (Å²) >= 11 is 0. The highest BCUT2D eigenvalue weighted by Crippen LogP contribution is 2.30. The van der Waals surface area contributed by atoms with Crippen LogP contribution in [0.4, 0.5) is 4.39 Å². The Labute approximate surface area is 130 Å². The number of rotatable bonds is 3. The molecule has 1 unspecified atom stereocenters. The zero-order valence-electron chi connectivity index (χ0n) is 13.1. The van der Waals surface area contributed by atoms with Gasteiger partial charge in [-0.3, -0.25) is 10.00 Å². The normalized spacial score (nSPS) is 21.9. The van der Waals surface area contributed by atoms with Crippen molar-refractivity contribution in [2.45, 2.75) is 32.9 Å². The van der Waals surface area contributed by atoms with E-state index in [-0.39, 0.29) is 17.3 Å². The van der Waals surface area contributed by atoms with Crippen molar-refractivity contribution >= 4 is 0 Å². The van der Waals surface area contributed by atoms with E-state index in [4.69, 9.17) is 5.73 Å². The lowest BCUT2D eigenvalue weighted by Crippen LogP contribution is -2.52. The first kappa shape index (κ1) is 15.2. The van der Waals surface area contributed by atoms with Crippen LogP contribution in [-0.2, 0) is 6.54 Å². The molecule has 3 N–H and O–H groups in total. The number of hydrogen-bond donors (Lipinski definition) is 2. The van der Waals surface area contributed by atoms with E-state index in [9.17, 15) is 4.39 Å². The van der Waals surface area contributed by atoms with Crippen LogP contribution in [0.25, 0.3) is 11.3 Å².